The molecule has 0 spiro atoms. The quantitative estimate of drug-likeness (QED) is 0.229. The highest BCUT2D eigenvalue weighted by Gasteiger charge is 2.26. The lowest BCUT2D eigenvalue weighted by Crippen LogP contribution is -1.93. The Hall–Kier alpha value is -4.96. The van der Waals surface area contributed by atoms with Crippen LogP contribution >= 0.6 is 0 Å². The summed E-state index contributed by atoms with van der Waals surface area (Å²) < 4.78 is 4.56. The normalized spacial score (nSPS) is 12.8. The zero-order valence-corrected chi connectivity index (χ0v) is 19.9. The topological polar surface area (TPSA) is 35.1 Å². The summed E-state index contributed by atoms with van der Waals surface area (Å²) in [6.07, 6.45) is 8.65. The molecule has 0 amide bonds. The first-order valence-corrected chi connectivity index (χ1v) is 12.6. The molecule has 4 aromatic carbocycles. The van der Waals surface area contributed by atoms with Crippen LogP contribution in [-0.4, -0.2) is 18.9 Å². The van der Waals surface area contributed by atoms with Gasteiger partial charge in [-0.2, -0.15) is 0 Å². The second-order valence-electron chi connectivity index (χ2n) is 9.92. The summed E-state index contributed by atoms with van der Waals surface area (Å²) in [6, 6.07) is 31.0. The number of para-hydroxylation sites is 2. The fourth-order valence-electron chi connectivity index (χ4n) is 6.57. The number of hydrogen-bond donors (Lipinski definition) is 0. The first-order chi connectivity index (χ1) is 18.4. The van der Waals surface area contributed by atoms with Crippen molar-refractivity contribution in [3.05, 3.63) is 121 Å². The van der Waals surface area contributed by atoms with Gasteiger partial charge in [-0.3, -0.25) is 9.38 Å². The summed E-state index contributed by atoms with van der Waals surface area (Å²) >= 11 is 0. The number of aromatic nitrogens is 4. The van der Waals surface area contributed by atoms with Gasteiger partial charge in [0.05, 0.1) is 22.7 Å². The van der Waals surface area contributed by atoms with E-state index in [-0.39, 0.29) is 0 Å². The minimum atomic E-state index is 0.919. The smallest absolute Gasteiger partial charge is 0.145 e. The van der Waals surface area contributed by atoms with Gasteiger partial charge in [-0.15, -0.1) is 0 Å². The average Bonchev–Trinajstić information content (AvgIpc) is 3.66. The molecule has 4 heterocycles. The van der Waals surface area contributed by atoms with Crippen LogP contribution in [0.15, 0.2) is 110 Å². The standard InChI is InChI=1S/C33H20N4/c1-2-6-21(7-3-1)37-29-9-5-4-8-24(29)32-27-16-20-17-28-26(18-25(20)22(27)10-11-30(32)37)23-12-13-34-19-31(23)36-15-14-35-33(28)36/h1-15,17-19H,16H2. The molecule has 37 heavy (non-hydrogen) atoms. The lowest BCUT2D eigenvalue weighted by Gasteiger charge is -2.11. The Morgan fingerprint density at radius 2 is 1.54 bits per heavy atom. The monoisotopic (exact) mass is 472 g/mol. The second-order valence-corrected chi connectivity index (χ2v) is 9.92. The fraction of sp³-hybridized carbons (Fsp3) is 0.0303. The van der Waals surface area contributed by atoms with E-state index in [1.165, 1.54) is 65.9 Å². The summed E-state index contributed by atoms with van der Waals surface area (Å²) in [4.78, 5) is 9.13. The van der Waals surface area contributed by atoms with Crippen molar-refractivity contribution in [2.24, 2.45) is 0 Å². The lowest BCUT2D eigenvalue weighted by atomic mass is 9.98. The number of imidazole rings is 1. The van der Waals surface area contributed by atoms with Gasteiger partial charge < -0.3 is 4.57 Å². The molecule has 1 aliphatic rings. The van der Waals surface area contributed by atoms with Gasteiger partial charge in [0.1, 0.15) is 5.65 Å². The maximum absolute atomic E-state index is 4.73. The highest BCUT2D eigenvalue weighted by molar-refractivity contribution is 6.16. The Balaban J connectivity index is 1.39. The van der Waals surface area contributed by atoms with Crippen LogP contribution in [0.1, 0.15) is 11.1 Å². The Kier molecular flexibility index (Phi) is 3.55. The molecule has 0 radical (unpaired) electrons. The Morgan fingerprint density at radius 3 is 2.49 bits per heavy atom. The third-order valence-corrected chi connectivity index (χ3v) is 8.09. The Labute approximate surface area is 212 Å². The van der Waals surface area contributed by atoms with Crippen molar-refractivity contribution in [1.82, 2.24) is 18.9 Å². The number of benzene rings is 4. The van der Waals surface area contributed by atoms with E-state index in [1.807, 2.05) is 24.8 Å². The Morgan fingerprint density at radius 1 is 0.649 bits per heavy atom. The van der Waals surface area contributed by atoms with Crippen LogP contribution < -0.4 is 0 Å². The van der Waals surface area contributed by atoms with Crippen LogP contribution in [0, 0.1) is 0 Å². The first kappa shape index (κ1) is 19.3. The van der Waals surface area contributed by atoms with E-state index in [0.29, 0.717) is 0 Å². The number of rotatable bonds is 1. The van der Waals surface area contributed by atoms with Gasteiger partial charge in [0.25, 0.3) is 0 Å². The highest BCUT2D eigenvalue weighted by atomic mass is 15.0. The highest BCUT2D eigenvalue weighted by Crippen LogP contribution is 2.46. The minimum Gasteiger partial charge on any atom is -0.309 e. The van der Waals surface area contributed by atoms with Crippen LogP contribution in [0.2, 0.25) is 0 Å². The molecule has 0 saturated carbocycles. The van der Waals surface area contributed by atoms with Crippen molar-refractivity contribution >= 4 is 49.1 Å². The predicted molar refractivity (Wildman–Crippen MR) is 151 cm³/mol. The molecular weight excluding hydrogens is 452 g/mol. The molecule has 0 atom stereocenters. The van der Waals surface area contributed by atoms with Gasteiger partial charge in [0, 0.05) is 45.8 Å². The van der Waals surface area contributed by atoms with Gasteiger partial charge in [0.2, 0.25) is 0 Å². The van der Waals surface area contributed by atoms with E-state index in [4.69, 9.17) is 4.98 Å². The van der Waals surface area contributed by atoms with Gasteiger partial charge >= 0.3 is 0 Å². The van der Waals surface area contributed by atoms with Crippen LogP contribution in [0.4, 0.5) is 0 Å². The largest absolute Gasteiger partial charge is 0.309 e. The van der Waals surface area contributed by atoms with Crippen molar-refractivity contribution in [3.63, 3.8) is 0 Å². The second kappa shape index (κ2) is 6.83. The molecule has 0 unspecified atom stereocenters. The molecule has 0 aliphatic heterocycles. The molecule has 1 aliphatic carbocycles. The number of fused-ring (bicyclic) bond motifs is 13. The van der Waals surface area contributed by atoms with Crippen LogP contribution in [0.3, 0.4) is 0 Å². The summed E-state index contributed by atoms with van der Waals surface area (Å²) in [5, 5.41) is 6.29. The van der Waals surface area contributed by atoms with E-state index < -0.39 is 0 Å². The maximum atomic E-state index is 4.73. The van der Waals surface area contributed by atoms with Gasteiger partial charge in [-0.25, -0.2) is 4.98 Å². The van der Waals surface area contributed by atoms with Gasteiger partial charge in [0.15, 0.2) is 0 Å². The van der Waals surface area contributed by atoms with Crippen LogP contribution in [-0.2, 0) is 6.42 Å². The zero-order valence-electron chi connectivity index (χ0n) is 19.9. The minimum absolute atomic E-state index is 0.919. The molecule has 4 heteroatoms. The summed E-state index contributed by atoms with van der Waals surface area (Å²) in [5.74, 6) is 0. The molecule has 8 aromatic rings. The van der Waals surface area contributed by atoms with Gasteiger partial charge in [-0.05, 0) is 76.5 Å². The predicted octanol–water partition coefficient (Wildman–Crippen LogP) is 7.70. The van der Waals surface area contributed by atoms with E-state index in [0.717, 1.165) is 17.6 Å². The lowest BCUT2D eigenvalue weighted by molar-refractivity contribution is 1.18. The van der Waals surface area contributed by atoms with E-state index in [1.54, 1.807) is 0 Å². The molecule has 4 nitrogen and oxygen atoms in total. The van der Waals surface area contributed by atoms with Crippen molar-refractivity contribution < 1.29 is 0 Å². The number of pyridine rings is 2. The molecule has 0 saturated heterocycles. The van der Waals surface area contributed by atoms with E-state index in [9.17, 15) is 0 Å². The third kappa shape index (κ3) is 2.42. The number of hydrogen-bond acceptors (Lipinski definition) is 2. The summed E-state index contributed by atoms with van der Waals surface area (Å²) in [7, 11) is 0. The fourth-order valence-corrected chi connectivity index (χ4v) is 6.57. The van der Waals surface area contributed by atoms with Crippen LogP contribution in [0.25, 0.3) is 65.9 Å². The van der Waals surface area contributed by atoms with Crippen molar-refractivity contribution in [1.29, 1.82) is 0 Å². The molecule has 172 valence electrons. The van der Waals surface area contributed by atoms with Crippen molar-refractivity contribution in [3.8, 4) is 16.8 Å². The molecule has 0 fully saturated rings. The SMILES string of the molecule is c1ccc(-n2c3ccccc3c3c4c(ccc32)-c2cc3c5ccncc5n5ccnc5c3cc2C4)cc1. The summed E-state index contributed by atoms with van der Waals surface area (Å²) in [5.41, 5.74) is 11.2. The summed E-state index contributed by atoms with van der Waals surface area (Å²) in [6.45, 7) is 0. The zero-order chi connectivity index (χ0) is 24.1. The van der Waals surface area contributed by atoms with Crippen molar-refractivity contribution in [2.75, 3.05) is 0 Å². The van der Waals surface area contributed by atoms with Crippen molar-refractivity contribution in [2.45, 2.75) is 6.42 Å². The molecular formula is C33H20N4. The number of nitrogens with zero attached hydrogens (tertiary/aromatic N) is 4. The molecule has 0 N–H and O–H groups in total. The molecule has 9 rings (SSSR count). The third-order valence-electron chi connectivity index (χ3n) is 8.09. The maximum Gasteiger partial charge on any atom is 0.145 e. The Bertz CT molecular complexity index is 2220. The average molecular weight is 473 g/mol. The van der Waals surface area contributed by atoms with Crippen LogP contribution in [0.5, 0.6) is 0 Å². The molecule has 4 aromatic heterocycles. The molecule has 0 bridgehead atoms. The van der Waals surface area contributed by atoms with Gasteiger partial charge in [-0.1, -0.05) is 42.5 Å². The first-order valence-electron chi connectivity index (χ1n) is 12.6. The van der Waals surface area contributed by atoms with E-state index >= 15 is 0 Å². The van der Waals surface area contributed by atoms with E-state index in [2.05, 4.69) is 98.9 Å².